The fraction of sp³-hybridized carbons (Fsp3) is 0.350. The van der Waals surface area contributed by atoms with Crippen LogP contribution < -0.4 is 5.32 Å². The predicted octanol–water partition coefficient (Wildman–Crippen LogP) is 2.58. The Morgan fingerprint density at radius 3 is 2.61 bits per heavy atom. The molecule has 1 unspecified atom stereocenters. The fourth-order valence-corrected chi connectivity index (χ4v) is 3.14. The molecule has 3 aromatic rings. The molecule has 2 aromatic heterocycles. The smallest absolute Gasteiger partial charge is 0.306 e. The number of benzene rings is 1. The number of hydrogen-bond acceptors (Lipinski definition) is 5. The van der Waals surface area contributed by atoms with Crippen molar-refractivity contribution in [3.8, 4) is 0 Å². The Bertz CT molecular complexity index is 1010. The summed E-state index contributed by atoms with van der Waals surface area (Å²) in [7, 11) is 0. The SMILES string of the molecule is Cc1nc2ncnn2c(C)c1CCC(=O)Nc1ccc(CC(C)C(=O)O)cc1. The number of aryl methyl sites for hydroxylation is 2. The minimum absolute atomic E-state index is 0.0934. The van der Waals surface area contributed by atoms with Gasteiger partial charge in [0.15, 0.2) is 0 Å². The van der Waals surface area contributed by atoms with E-state index in [1.54, 1.807) is 23.6 Å². The lowest BCUT2D eigenvalue weighted by atomic mass is 10.0. The molecular weight excluding hydrogens is 358 g/mol. The van der Waals surface area contributed by atoms with Crippen LogP contribution in [-0.2, 0) is 22.4 Å². The Hall–Kier alpha value is -3.29. The van der Waals surface area contributed by atoms with Crippen LogP contribution in [0.15, 0.2) is 30.6 Å². The molecule has 0 fully saturated rings. The molecule has 0 aliphatic carbocycles. The number of aliphatic carboxylic acids is 1. The molecule has 0 saturated carbocycles. The van der Waals surface area contributed by atoms with E-state index >= 15 is 0 Å². The topological polar surface area (TPSA) is 109 Å². The molecule has 0 spiro atoms. The molecule has 0 bridgehead atoms. The van der Waals surface area contributed by atoms with E-state index in [9.17, 15) is 9.59 Å². The van der Waals surface area contributed by atoms with Crippen molar-refractivity contribution in [3.63, 3.8) is 0 Å². The molecule has 0 aliphatic heterocycles. The quantitative estimate of drug-likeness (QED) is 0.651. The van der Waals surface area contributed by atoms with E-state index in [-0.39, 0.29) is 5.91 Å². The third kappa shape index (κ3) is 4.33. The van der Waals surface area contributed by atoms with Gasteiger partial charge in [-0.25, -0.2) is 9.50 Å². The van der Waals surface area contributed by atoms with Crippen LogP contribution in [0.25, 0.3) is 5.78 Å². The highest BCUT2D eigenvalue weighted by molar-refractivity contribution is 5.90. The van der Waals surface area contributed by atoms with Crippen molar-refractivity contribution < 1.29 is 14.7 Å². The number of carbonyl (C=O) groups excluding carboxylic acids is 1. The maximum absolute atomic E-state index is 12.3. The van der Waals surface area contributed by atoms with Crippen molar-refractivity contribution in [1.82, 2.24) is 19.6 Å². The number of nitrogens with zero attached hydrogens (tertiary/aromatic N) is 4. The Labute approximate surface area is 162 Å². The second-order valence-corrected chi connectivity index (χ2v) is 6.92. The van der Waals surface area contributed by atoms with Crippen LogP contribution in [0.3, 0.4) is 0 Å². The first-order valence-electron chi connectivity index (χ1n) is 9.12. The lowest BCUT2D eigenvalue weighted by Gasteiger charge is -2.11. The highest BCUT2D eigenvalue weighted by Gasteiger charge is 2.13. The average Bonchev–Trinajstić information content (AvgIpc) is 3.11. The minimum Gasteiger partial charge on any atom is -0.481 e. The molecular formula is C20H23N5O3. The summed E-state index contributed by atoms with van der Waals surface area (Å²) in [6.45, 7) is 5.53. The fourth-order valence-electron chi connectivity index (χ4n) is 3.14. The molecule has 146 valence electrons. The summed E-state index contributed by atoms with van der Waals surface area (Å²) in [6.07, 6.45) is 2.80. The summed E-state index contributed by atoms with van der Waals surface area (Å²) >= 11 is 0. The van der Waals surface area contributed by atoms with Gasteiger partial charge in [-0.05, 0) is 49.9 Å². The summed E-state index contributed by atoms with van der Waals surface area (Å²) in [5, 5.41) is 16.0. The van der Waals surface area contributed by atoms with Gasteiger partial charge in [0.2, 0.25) is 5.91 Å². The second kappa shape index (κ2) is 8.16. The first kappa shape index (κ1) is 19.5. The zero-order valence-electron chi connectivity index (χ0n) is 16.1. The number of nitrogens with one attached hydrogen (secondary N) is 1. The Morgan fingerprint density at radius 2 is 1.93 bits per heavy atom. The van der Waals surface area contributed by atoms with Gasteiger partial charge in [-0.15, -0.1) is 0 Å². The first-order chi connectivity index (χ1) is 13.3. The molecule has 2 N–H and O–H groups in total. The van der Waals surface area contributed by atoms with E-state index in [0.717, 1.165) is 22.5 Å². The van der Waals surface area contributed by atoms with Crippen LogP contribution in [0.1, 0.15) is 35.9 Å². The van der Waals surface area contributed by atoms with Gasteiger partial charge in [-0.3, -0.25) is 9.59 Å². The molecule has 1 atom stereocenters. The number of fused-ring (bicyclic) bond motifs is 1. The van der Waals surface area contributed by atoms with Gasteiger partial charge in [0.1, 0.15) is 6.33 Å². The molecule has 3 rings (SSSR count). The number of aromatic nitrogens is 4. The van der Waals surface area contributed by atoms with Crippen LogP contribution in [0, 0.1) is 19.8 Å². The maximum Gasteiger partial charge on any atom is 0.306 e. The molecule has 1 aromatic carbocycles. The van der Waals surface area contributed by atoms with Crippen LogP contribution in [0.5, 0.6) is 0 Å². The van der Waals surface area contributed by atoms with E-state index in [4.69, 9.17) is 5.11 Å². The van der Waals surface area contributed by atoms with E-state index in [1.807, 2.05) is 26.0 Å². The van der Waals surface area contributed by atoms with Gasteiger partial charge in [0, 0.05) is 23.5 Å². The average molecular weight is 381 g/mol. The van der Waals surface area contributed by atoms with E-state index < -0.39 is 11.9 Å². The predicted molar refractivity (Wildman–Crippen MR) is 104 cm³/mol. The standard InChI is InChI=1S/C20H23N5O3/c1-12(19(27)28)10-15-4-6-16(7-5-15)24-18(26)9-8-17-13(2)23-20-21-11-22-25(20)14(17)3/h4-7,11-12H,8-10H2,1-3H3,(H,24,26)(H,27,28). The number of amides is 1. The Kier molecular flexibility index (Phi) is 5.67. The molecule has 8 nitrogen and oxygen atoms in total. The summed E-state index contributed by atoms with van der Waals surface area (Å²) < 4.78 is 1.68. The highest BCUT2D eigenvalue weighted by atomic mass is 16.4. The monoisotopic (exact) mass is 381 g/mol. The van der Waals surface area contributed by atoms with Crippen molar-refractivity contribution >= 4 is 23.3 Å². The summed E-state index contributed by atoms with van der Waals surface area (Å²) in [6, 6.07) is 7.26. The Balaban J connectivity index is 1.60. The number of rotatable bonds is 7. The lowest BCUT2D eigenvalue weighted by Crippen LogP contribution is -2.15. The number of carboxylic acid groups (broad SMARTS) is 1. The molecule has 0 aliphatic rings. The Morgan fingerprint density at radius 1 is 1.21 bits per heavy atom. The van der Waals surface area contributed by atoms with Crippen molar-refractivity contribution in [2.24, 2.45) is 5.92 Å². The van der Waals surface area contributed by atoms with Gasteiger partial charge in [-0.2, -0.15) is 10.1 Å². The summed E-state index contributed by atoms with van der Waals surface area (Å²) in [5.74, 6) is -0.797. The number of anilines is 1. The summed E-state index contributed by atoms with van der Waals surface area (Å²) in [4.78, 5) is 31.8. The molecule has 2 heterocycles. The van der Waals surface area contributed by atoms with Gasteiger partial charge < -0.3 is 10.4 Å². The van der Waals surface area contributed by atoms with Crippen LogP contribution in [0.4, 0.5) is 5.69 Å². The second-order valence-electron chi connectivity index (χ2n) is 6.92. The summed E-state index contributed by atoms with van der Waals surface area (Å²) in [5.41, 5.74) is 4.39. The van der Waals surface area contributed by atoms with Crippen LogP contribution >= 0.6 is 0 Å². The van der Waals surface area contributed by atoms with E-state index in [2.05, 4.69) is 20.4 Å². The zero-order chi connectivity index (χ0) is 20.3. The molecule has 8 heteroatoms. The number of carbonyl (C=O) groups is 2. The van der Waals surface area contributed by atoms with Gasteiger partial charge in [-0.1, -0.05) is 19.1 Å². The molecule has 0 radical (unpaired) electrons. The van der Waals surface area contributed by atoms with Gasteiger partial charge >= 0.3 is 5.97 Å². The lowest BCUT2D eigenvalue weighted by molar-refractivity contribution is -0.141. The number of carboxylic acids is 1. The zero-order valence-corrected chi connectivity index (χ0v) is 16.1. The molecule has 28 heavy (non-hydrogen) atoms. The molecule has 1 amide bonds. The minimum atomic E-state index is -0.818. The van der Waals surface area contributed by atoms with Crippen molar-refractivity contribution in [2.75, 3.05) is 5.32 Å². The van der Waals surface area contributed by atoms with E-state index in [1.165, 1.54) is 6.33 Å². The van der Waals surface area contributed by atoms with E-state index in [0.29, 0.717) is 30.7 Å². The first-order valence-corrected chi connectivity index (χ1v) is 9.12. The normalized spacial score (nSPS) is 12.1. The highest BCUT2D eigenvalue weighted by Crippen LogP contribution is 2.17. The van der Waals surface area contributed by atoms with Crippen molar-refractivity contribution in [2.45, 2.75) is 40.0 Å². The van der Waals surface area contributed by atoms with Crippen molar-refractivity contribution in [3.05, 3.63) is 53.1 Å². The largest absolute Gasteiger partial charge is 0.481 e. The van der Waals surface area contributed by atoms with Crippen LogP contribution in [-0.4, -0.2) is 36.6 Å². The third-order valence-electron chi connectivity index (χ3n) is 4.79. The maximum atomic E-state index is 12.3. The van der Waals surface area contributed by atoms with Crippen molar-refractivity contribution in [1.29, 1.82) is 0 Å². The molecule has 0 saturated heterocycles. The van der Waals surface area contributed by atoms with Gasteiger partial charge in [0.25, 0.3) is 5.78 Å². The third-order valence-corrected chi connectivity index (χ3v) is 4.79. The van der Waals surface area contributed by atoms with Crippen LogP contribution in [0.2, 0.25) is 0 Å². The number of hydrogen-bond donors (Lipinski definition) is 2. The van der Waals surface area contributed by atoms with Gasteiger partial charge in [0.05, 0.1) is 5.92 Å².